The first-order valence-electron chi connectivity index (χ1n) is 5.61. The molecule has 0 aliphatic rings. The van der Waals surface area contributed by atoms with E-state index in [4.69, 9.17) is 16.3 Å². The van der Waals surface area contributed by atoms with Crippen LogP contribution in [0.5, 0.6) is 5.75 Å². The number of nitrogens with two attached hydrogens (primary N) is 1. The fourth-order valence-electron chi connectivity index (χ4n) is 1.79. The van der Waals surface area contributed by atoms with Crippen LogP contribution in [-0.4, -0.2) is 25.1 Å². The van der Waals surface area contributed by atoms with Gasteiger partial charge in [0, 0.05) is 6.42 Å². The minimum absolute atomic E-state index is 0. The summed E-state index contributed by atoms with van der Waals surface area (Å²) in [5.41, 5.74) is 1.53. The topological polar surface area (TPSA) is 25.8 Å². The maximum Gasteiger partial charge on any atom is 0.118 e. The van der Waals surface area contributed by atoms with Gasteiger partial charge in [0.2, 0.25) is 0 Å². The fourth-order valence-corrected chi connectivity index (χ4v) is 1.90. The summed E-state index contributed by atoms with van der Waals surface area (Å²) < 4.78 is 5.14. The minimum atomic E-state index is 0. The van der Waals surface area contributed by atoms with Crippen LogP contribution in [0.3, 0.4) is 0 Å². The molecular formula is C13H21Cl2NO. The minimum Gasteiger partial charge on any atom is -1.00 e. The molecule has 0 saturated heterocycles. The molecule has 1 aromatic rings. The first-order chi connectivity index (χ1) is 7.57. The van der Waals surface area contributed by atoms with Crippen molar-refractivity contribution in [1.82, 2.24) is 0 Å². The normalized spacial score (nSPS) is 10.8. The molecule has 17 heavy (non-hydrogen) atoms. The van der Waals surface area contributed by atoms with E-state index in [9.17, 15) is 0 Å². The summed E-state index contributed by atoms with van der Waals surface area (Å²) in [5.74, 6) is 1.61. The van der Waals surface area contributed by atoms with Crippen molar-refractivity contribution in [3.05, 3.63) is 29.8 Å². The maximum atomic E-state index is 5.70. The van der Waals surface area contributed by atoms with E-state index in [-0.39, 0.29) is 17.9 Å². The lowest BCUT2D eigenvalue weighted by Crippen LogP contribution is -3.00. The lowest BCUT2D eigenvalue weighted by molar-refractivity contribution is -0.717. The molecule has 0 amide bonds. The third-order valence-corrected chi connectivity index (χ3v) is 2.84. The molecule has 0 heterocycles. The van der Waals surface area contributed by atoms with Crippen molar-refractivity contribution < 1.29 is 22.5 Å². The van der Waals surface area contributed by atoms with Crippen molar-refractivity contribution in [3.63, 3.8) is 0 Å². The Labute approximate surface area is 115 Å². The number of hydrogen-bond acceptors (Lipinski definition) is 1. The summed E-state index contributed by atoms with van der Waals surface area (Å²) >= 11 is 5.70. The second-order valence-corrected chi connectivity index (χ2v) is 5.07. The van der Waals surface area contributed by atoms with Crippen LogP contribution >= 0.6 is 11.6 Å². The third-order valence-electron chi connectivity index (χ3n) is 2.62. The zero-order chi connectivity index (χ0) is 12.0. The van der Waals surface area contributed by atoms with Gasteiger partial charge >= 0.3 is 0 Å². The Morgan fingerprint density at radius 3 is 2.29 bits per heavy atom. The van der Waals surface area contributed by atoms with Crippen molar-refractivity contribution in [2.45, 2.75) is 25.8 Å². The lowest BCUT2D eigenvalue weighted by Gasteiger charge is -2.22. The molecule has 2 nitrogen and oxygen atoms in total. The Kier molecular flexibility index (Phi) is 7.60. The van der Waals surface area contributed by atoms with Crippen LogP contribution in [0.25, 0.3) is 0 Å². The molecule has 0 fully saturated rings. The number of methoxy groups -OCH3 is 1. The quantitative estimate of drug-likeness (QED) is 0.652. The number of benzene rings is 1. The molecular weight excluding hydrogens is 257 g/mol. The van der Waals surface area contributed by atoms with Gasteiger partial charge in [-0.05, 0) is 31.5 Å². The predicted octanol–water partition coefficient (Wildman–Crippen LogP) is -1.18. The number of rotatable bonds is 6. The highest BCUT2D eigenvalue weighted by molar-refractivity contribution is 6.17. The van der Waals surface area contributed by atoms with Crippen molar-refractivity contribution in [2.75, 3.05) is 19.5 Å². The van der Waals surface area contributed by atoms with E-state index in [0.717, 1.165) is 18.7 Å². The van der Waals surface area contributed by atoms with Crippen LogP contribution in [0, 0.1) is 0 Å². The monoisotopic (exact) mass is 277 g/mol. The molecule has 4 heteroatoms. The zero-order valence-electron chi connectivity index (χ0n) is 10.7. The lowest BCUT2D eigenvalue weighted by atomic mass is 9.95. The summed E-state index contributed by atoms with van der Waals surface area (Å²) in [4.78, 5) is 0. The van der Waals surface area contributed by atoms with Gasteiger partial charge in [0.25, 0.3) is 0 Å². The van der Waals surface area contributed by atoms with Gasteiger partial charge in [-0.15, -0.1) is 11.6 Å². The highest BCUT2D eigenvalue weighted by Gasteiger charge is 2.20. The SMILES string of the molecule is COc1ccc(CC(C)(C)[NH2+]CCCl)cc1.[Cl-]. The van der Waals surface area contributed by atoms with Gasteiger partial charge in [0.1, 0.15) is 5.75 Å². The zero-order valence-corrected chi connectivity index (χ0v) is 12.2. The van der Waals surface area contributed by atoms with E-state index in [1.54, 1.807) is 7.11 Å². The average Bonchev–Trinajstić information content (AvgIpc) is 2.27. The Morgan fingerprint density at radius 1 is 1.24 bits per heavy atom. The van der Waals surface area contributed by atoms with Crippen LogP contribution in [0.2, 0.25) is 0 Å². The summed E-state index contributed by atoms with van der Waals surface area (Å²) in [6, 6.07) is 8.25. The Morgan fingerprint density at radius 2 is 1.82 bits per heavy atom. The van der Waals surface area contributed by atoms with Gasteiger partial charge < -0.3 is 22.5 Å². The fraction of sp³-hybridized carbons (Fsp3) is 0.538. The molecule has 0 aliphatic heterocycles. The molecule has 2 N–H and O–H groups in total. The van der Waals surface area contributed by atoms with Crippen LogP contribution < -0.4 is 22.5 Å². The number of alkyl halides is 1. The molecule has 0 spiro atoms. The van der Waals surface area contributed by atoms with E-state index in [0.29, 0.717) is 5.88 Å². The van der Waals surface area contributed by atoms with Gasteiger partial charge in [-0.1, -0.05) is 12.1 Å². The van der Waals surface area contributed by atoms with Crippen molar-refractivity contribution >= 4 is 11.6 Å². The van der Waals surface area contributed by atoms with Gasteiger partial charge in [-0.3, -0.25) is 0 Å². The van der Waals surface area contributed by atoms with E-state index in [2.05, 4.69) is 31.3 Å². The number of hydrogen-bond donors (Lipinski definition) is 1. The first-order valence-corrected chi connectivity index (χ1v) is 6.14. The molecule has 0 radical (unpaired) electrons. The van der Waals surface area contributed by atoms with Crippen molar-refractivity contribution in [3.8, 4) is 5.75 Å². The van der Waals surface area contributed by atoms with Crippen molar-refractivity contribution in [2.24, 2.45) is 0 Å². The Bertz CT molecular complexity index is 312. The molecule has 0 aliphatic carbocycles. The van der Waals surface area contributed by atoms with Crippen LogP contribution in [0.1, 0.15) is 19.4 Å². The predicted molar refractivity (Wildman–Crippen MR) is 68.3 cm³/mol. The van der Waals surface area contributed by atoms with Gasteiger partial charge in [0.05, 0.1) is 25.1 Å². The number of ether oxygens (including phenoxy) is 1. The van der Waals surface area contributed by atoms with Crippen LogP contribution in [0.15, 0.2) is 24.3 Å². The molecule has 0 bridgehead atoms. The maximum absolute atomic E-state index is 5.70. The molecule has 1 aromatic carbocycles. The van der Waals surface area contributed by atoms with Gasteiger partial charge in [-0.2, -0.15) is 0 Å². The van der Waals surface area contributed by atoms with E-state index < -0.39 is 0 Å². The number of quaternary nitrogens is 1. The van der Waals surface area contributed by atoms with Crippen molar-refractivity contribution in [1.29, 1.82) is 0 Å². The molecule has 0 atom stereocenters. The summed E-state index contributed by atoms with van der Waals surface area (Å²) in [5, 5.41) is 2.30. The second kappa shape index (κ2) is 7.80. The Hall–Kier alpha value is -0.440. The molecule has 0 unspecified atom stereocenters. The molecule has 98 valence electrons. The highest BCUT2D eigenvalue weighted by Crippen LogP contribution is 2.14. The summed E-state index contributed by atoms with van der Waals surface area (Å²) in [7, 11) is 1.69. The number of halogens is 2. The smallest absolute Gasteiger partial charge is 0.118 e. The molecule has 1 rings (SSSR count). The summed E-state index contributed by atoms with van der Waals surface area (Å²) in [6.07, 6.45) is 1.04. The molecule has 0 saturated carbocycles. The first kappa shape index (κ1) is 16.6. The van der Waals surface area contributed by atoms with Crippen LogP contribution in [0.4, 0.5) is 0 Å². The standard InChI is InChI=1S/C13H20ClNO.ClH/c1-13(2,15-9-8-14)10-11-4-6-12(16-3)7-5-11;/h4-7,15H,8-10H2,1-3H3;1H. The van der Waals surface area contributed by atoms with Gasteiger partial charge in [-0.25, -0.2) is 0 Å². The highest BCUT2D eigenvalue weighted by atomic mass is 35.5. The average molecular weight is 278 g/mol. The van der Waals surface area contributed by atoms with E-state index in [1.165, 1.54) is 5.56 Å². The largest absolute Gasteiger partial charge is 1.00 e. The van der Waals surface area contributed by atoms with E-state index in [1.807, 2.05) is 12.1 Å². The second-order valence-electron chi connectivity index (χ2n) is 4.70. The third kappa shape index (κ3) is 6.16. The van der Waals surface area contributed by atoms with E-state index >= 15 is 0 Å². The van der Waals surface area contributed by atoms with Gasteiger partial charge in [0.15, 0.2) is 0 Å². The van der Waals surface area contributed by atoms with Crippen LogP contribution in [-0.2, 0) is 6.42 Å². The molecule has 0 aromatic heterocycles. The Balaban J connectivity index is 0.00000256. The summed E-state index contributed by atoms with van der Waals surface area (Å²) in [6.45, 7) is 5.44.